The third-order valence-electron chi connectivity index (χ3n) is 6.33. The molecule has 5 aromatic rings. The number of rotatable bonds is 6. The summed E-state index contributed by atoms with van der Waals surface area (Å²) in [6, 6.07) is 12.5. The summed E-state index contributed by atoms with van der Waals surface area (Å²) in [5.74, 6) is 0.210. The third kappa shape index (κ3) is 4.07. The highest BCUT2D eigenvalue weighted by molar-refractivity contribution is 7.89. The van der Waals surface area contributed by atoms with Crippen molar-refractivity contribution in [2.45, 2.75) is 17.9 Å². The second kappa shape index (κ2) is 8.64. The predicted molar refractivity (Wildman–Crippen MR) is 132 cm³/mol. The first-order valence-corrected chi connectivity index (χ1v) is 12.9. The minimum atomic E-state index is -3.66. The maximum Gasteiger partial charge on any atom is 0.274 e. The molecule has 6 rings (SSSR count). The number of sulfonamides is 1. The second-order valence-corrected chi connectivity index (χ2v) is 10.7. The number of amides is 1. The standard InChI is InChI=1S/C24H22N8O4S/c1-15-6-7-16(11-18(15)26-23(33)19-12-25-20-5-3-4-9-32(19)20)22-27-24(36-29-22)17-13-31(14-17)37(34,35)21-8-10-30(2)28-21/h3-12,17H,13-14H2,1-2H3,(H,26,33). The summed E-state index contributed by atoms with van der Waals surface area (Å²) in [6.45, 7) is 2.35. The number of aryl methyl sites for hydroxylation is 2. The first-order chi connectivity index (χ1) is 17.8. The van der Waals surface area contributed by atoms with Crippen LogP contribution in [0.15, 0.2) is 70.6 Å². The molecule has 1 aliphatic heterocycles. The molecule has 0 unspecified atom stereocenters. The highest BCUT2D eigenvalue weighted by atomic mass is 32.2. The molecule has 1 aliphatic rings. The molecule has 1 saturated heterocycles. The lowest BCUT2D eigenvalue weighted by molar-refractivity contribution is 0.102. The van der Waals surface area contributed by atoms with E-state index in [1.165, 1.54) is 21.3 Å². The van der Waals surface area contributed by atoms with E-state index < -0.39 is 10.0 Å². The van der Waals surface area contributed by atoms with Crippen molar-refractivity contribution in [2.24, 2.45) is 7.05 Å². The first kappa shape index (κ1) is 23.1. The largest absolute Gasteiger partial charge is 0.339 e. The minimum absolute atomic E-state index is 0.0119. The Hall–Kier alpha value is -4.36. The molecule has 1 amide bonds. The van der Waals surface area contributed by atoms with E-state index in [0.717, 1.165) is 5.56 Å². The van der Waals surface area contributed by atoms with Crippen LogP contribution in [0.3, 0.4) is 0 Å². The summed E-state index contributed by atoms with van der Waals surface area (Å²) >= 11 is 0. The Labute approximate surface area is 211 Å². The quantitative estimate of drug-likeness (QED) is 0.361. The van der Waals surface area contributed by atoms with E-state index in [2.05, 4.69) is 25.5 Å². The van der Waals surface area contributed by atoms with Gasteiger partial charge in [-0.2, -0.15) is 14.4 Å². The van der Waals surface area contributed by atoms with Crippen LogP contribution in [0, 0.1) is 6.92 Å². The van der Waals surface area contributed by atoms with Crippen LogP contribution in [0.1, 0.15) is 27.9 Å². The molecule has 12 nitrogen and oxygen atoms in total. The molecular formula is C24H22N8O4S. The lowest BCUT2D eigenvalue weighted by Crippen LogP contribution is -2.48. The van der Waals surface area contributed by atoms with Crippen molar-refractivity contribution in [1.82, 2.24) is 33.6 Å². The van der Waals surface area contributed by atoms with Gasteiger partial charge in [-0.3, -0.25) is 13.9 Å². The summed E-state index contributed by atoms with van der Waals surface area (Å²) in [7, 11) is -1.99. The molecule has 0 aliphatic carbocycles. The maximum atomic E-state index is 13.0. The van der Waals surface area contributed by atoms with Gasteiger partial charge in [0, 0.05) is 43.8 Å². The number of aromatic nitrogens is 6. The number of carbonyl (C=O) groups is 1. The van der Waals surface area contributed by atoms with E-state index in [-0.39, 0.29) is 29.9 Å². The number of benzene rings is 1. The molecule has 0 saturated carbocycles. The van der Waals surface area contributed by atoms with Crippen LogP contribution in [0.2, 0.25) is 0 Å². The zero-order valence-corrected chi connectivity index (χ0v) is 20.8. The number of nitrogens with zero attached hydrogens (tertiary/aromatic N) is 7. The molecule has 0 atom stereocenters. The number of carbonyl (C=O) groups excluding carboxylic acids is 1. The molecule has 1 aromatic carbocycles. The van der Waals surface area contributed by atoms with Crippen LogP contribution < -0.4 is 5.32 Å². The topological polar surface area (TPSA) is 141 Å². The van der Waals surface area contributed by atoms with Gasteiger partial charge in [0.05, 0.1) is 12.1 Å². The monoisotopic (exact) mass is 518 g/mol. The normalized spacial score (nSPS) is 14.6. The fourth-order valence-electron chi connectivity index (χ4n) is 4.16. The molecular weight excluding hydrogens is 496 g/mol. The molecule has 37 heavy (non-hydrogen) atoms. The minimum Gasteiger partial charge on any atom is -0.339 e. The number of anilines is 1. The fraction of sp³-hybridized carbons (Fsp3) is 0.208. The number of fused-ring (bicyclic) bond motifs is 1. The van der Waals surface area contributed by atoms with Gasteiger partial charge in [-0.15, -0.1) is 0 Å². The van der Waals surface area contributed by atoms with Crippen molar-refractivity contribution in [3.8, 4) is 11.4 Å². The smallest absolute Gasteiger partial charge is 0.274 e. The Morgan fingerprint density at radius 2 is 1.97 bits per heavy atom. The van der Waals surface area contributed by atoms with Gasteiger partial charge in [-0.25, -0.2) is 13.4 Å². The number of hydrogen-bond acceptors (Lipinski definition) is 8. The lowest BCUT2D eigenvalue weighted by atomic mass is 10.0. The summed E-state index contributed by atoms with van der Waals surface area (Å²) in [5, 5.41) is 11.0. The Morgan fingerprint density at radius 1 is 1.14 bits per heavy atom. The van der Waals surface area contributed by atoms with Crippen LogP contribution in [0.5, 0.6) is 0 Å². The van der Waals surface area contributed by atoms with Crippen LogP contribution in [-0.2, 0) is 17.1 Å². The van der Waals surface area contributed by atoms with E-state index in [1.807, 2.05) is 37.3 Å². The molecule has 13 heteroatoms. The zero-order chi connectivity index (χ0) is 25.7. The first-order valence-electron chi connectivity index (χ1n) is 11.5. The Morgan fingerprint density at radius 3 is 2.76 bits per heavy atom. The molecule has 1 N–H and O–H groups in total. The number of pyridine rings is 1. The highest BCUT2D eigenvalue weighted by Crippen LogP contribution is 2.32. The van der Waals surface area contributed by atoms with Gasteiger partial charge in [0.2, 0.25) is 11.7 Å². The van der Waals surface area contributed by atoms with E-state index in [0.29, 0.717) is 34.3 Å². The number of nitrogens with one attached hydrogen (secondary N) is 1. The van der Waals surface area contributed by atoms with E-state index in [9.17, 15) is 13.2 Å². The van der Waals surface area contributed by atoms with E-state index in [1.54, 1.807) is 29.9 Å². The lowest BCUT2D eigenvalue weighted by Gasteiger charge is -2.35. The Balaban J connectivity index is 1.17. The molecule has 0 spiro atoms. The summed E-state index contributed by atoms with van der Waals surface area (Å²) in [6.07, 6.45) is 4.90. The summed E-state index contributed by atoms with van der Waals surface area (Å²) in [4.78, 5) is 21.7. The van der Waals surface area contributed by atoms with Crippen molar-refractivity contribution in [2.75, 3.05) is 18.4 Å². The third-order valence-corrected chi connectivity index (χ3v) is 8.05. The maximum absolute atomic E-state index is 13.0. The number of hydrogen-bond donors (Lipinski definition) is 1. The average molecular weight is 519 g/mol. The highest BCUT2D eigenvalue weighted by Gasteiger charge is 2.41. The fourth-order valence-corrected chi connectivity index (χ4v) is 5.64. The van der Waals surface area contributed by atoms with Gasteiger partial charge < -0.3 is 9.84 Å². The van der Waals surface area contributed by atoms with Crippen LogP contribution in [0.4, 0.5) is 5.69 Å². The van der Waals surface area contributed by atoms with Gasteiger partial charge in [0.15, 0.2) is 5.03 Å². The van der Waals surface area contributed by atoms with Gasteiger partial charge in [0.25, 0.3) is 15.9 Å². The molecule has 5 heterocycles. The molecule has 0 radical (unpaired) electrons. The van der Waals surface area contributed by atoms with Crippen molar-refractivity contribution in [3.05, 3.63) is 78.2 Å². The predicted octanol–water partition coefficient (Wildman–Crippen LogP) is 2.47. The Kier molecular flexibility index (Phi) is 5.38. The van der Waals surface area contributed by atoms with E-state index in [4.69, 9.17) is 4.52 Å². The molecule has 4 aromatic heterocycles. The van der Waals surface area contributed by atoms with Crippen molar-refractivity contribution in [3.63, 3.8) is 0 Å². The van der Waals surface area contributed by atoms with Gasteiger partial charge in [-0.1, -0.05) is 23.4 Å². The summed E-state index contributed by atoms with van der Waals surface area (Å²) < 4.78 is 35.3. The van der Waals surface area contributed by atoms with Crippen LogP contribution >= 0.6 is 0 Å². The van der Waals surface area contributed by atoms with Gasteiger partial charge in [0.1, 0.15) is 11.3 Å². The average Bonchev–Trinajstić information content (AvgIpc) is 3.59. The number of imidazole rings is 1. The summed E-state index contributed by atoms with van der Waals surface area (Å²) in [5.41, 5.74) is 3.23. The molecule has 0 bridgehead atoms. The van der Waals surface area contributed by atoms with Crippen molar-refractivity contribution >= 4 is 27.3 Å². The Bertz CT molecular complexity index is 1750. The SMILES string of the molecule is Cc1ccc(-c2noc(C3CN(S(=O)(=O)c4ccn(C)n4)C3)n2)cc1NC(=O)c1cnc2ccccn12. The zero-order valence-electron chi connectivity index (χ0n) is 19.9. The molecule has 188 valence electrons. The van der Waals surface area contributed by atoms with Gasteiger partial charge >= 0.3 is 0 Å². The van der Waals surface area contributed by atoms with E-state index >= 15 is 0 Å². The van der Waals surface area contributed by atoms with Crippen molar-refractivity contribution in [1.29, 1.82) is 0 Å². The second-order valence-electron chi connectivity index (χ2n) is 8.86. The van der Waals surface area contributed by atoms with Crippen LogP contribution in [0.25, 0.3) is 17.0 Å². The van der Waals surface area contributed by atoms with Gasteiger partial charge in [-0.05, 0) is 36.8 Å². The van der Waals surface area contributed by atoms with Crippen molar-refractivity contribution < 1.29 is 17.7 Å². The molecule has 1 fully saturated rings. The van der Waals surface area contributed by atoms with Crippen LogP contribution in [-0.4, -0.2) is 61.0 Å².